The van der Waals surface area contributed by atoms with E-state index in [1.165, 1.54) is 30.2 Å². The average molecular weight is 577 g/mol. The molecule has 1 N–H and O–H groups in total. The monoisotopic (exact) mass is 576 g/mol. The van der Waals surface area contributed by atoms with Gasteiger partial charge in [-0.15, -0.1) is 0 Å². The van der Waals surface area contributed by atoms with E-state index in [1.54, 1.807) is 12.1 Å². The highest BCUT2D eigenvalue weighted by Crippen LogP contribution is 2.36. The number of ether oxygens (including phenoxy) is 1. The highest BCUT2D eigenvalue weighted by molar-refractivity contribution is 9.10. The summed E-state index contributed by atoms with van der Waals surface area (Å²) in [5.41, 5.74) is 3.22. The molecule has 9 heteroatoms. The lowest BCUT2D eigenvalue weighted by molar-refractivity contribution is -0.385. The summed E-state index contributed by atoms with van der Waals surface area (Å²) >= 11 is 3.10. The smallest absolute Gasteiger partial charge is 0.284 e. The van der Waals surface area contributed by atoms with Crippen molar-refractivity contribution in [3.8, 4) is 5.75 Å². The van der Waals surface area contributed by atoms with Gasteiger partial charge in [0.15, 0.2) is 17.1 Å². The normalized spacial score (nSPS) is 12.7. The van der Waals surface area contributed by atoms with Crippen LogP contribution in [0.2, 0.25) is 0 Å². The van der Waals surface area contributed by atoms with Gasteiger partial charge in [-0.3, -0.25) is 19.7 Å². The molecule has 0 aliphatic heterocycles. The summed E-state index contributed by atoms with van der Waals surface area (Å²) in [7, 11) is 0. The molecule has 1 heterocycles. The van der Waals surface area contributed by atoms with Crippen molar-refractivity contribution >= 4 is 44.3 Å². The number of fused-ring (bicyclic) bond motifs is 3. The Bertz CT molecular complexity index is 1540. The summed E-state index contributed by atoms with van der Waals surface area (Å²) in [5.74, 6) is 0.912. The van der Waals surface area contributed by atoms with Crippen LogP contribution < -0.4 is 10.1 Å². The van der Waals surface area contributed by atoms with Gasteiger partial charge in [0.2, 0.25) is 0 Å². The van der Waals surface area contributed by atoms with Crippen molar-refractivity contribution in [1.29, 1.82) is 0 Å². The summed E-state index contributed by atoms with van der Waals surface area (Å²) in [5, 5.41) is 14.9. The predicted molar refractivity (Wildman–Crippen MR) is 146 cm³/mol. The number of nitrogens with zero attached hydrogens (tertiary/aromatic N) is 1. The van der Waals surface area contributed by atoms with Crippen LogP contribution >= 0.6 is 15.9 Å². The van der Waals surface area contributed by atoms with E-state index in [9.17, 15) is 19.7 Å². The summed E-state index contributed by atoms with van der Waals surface area (Å²) in [4.78, 5) is 36.1. The number of Topliss-reactive ketones (excluding diaryl/α,β-unsaturated/α-hetero) is 1. The summed E-state index contributed by atoms with van der Waals surface area (Å²) in [6.45, 7) is 0.0594. The number of hydrogen-bond donors (Lipinski definition) is 1. The molecule has 1 amide bonds. The van der Waals surface area contributed by atoms with Gasteiger partial charge in [-0.1, -0.05) is 30.3 Å². The van der Waals surface area contributed by atoms with E-state index in [1.807, 2.05) is 24.3 Å². The molecule has 4 aromatic rings. The van der Waals surface area contributed by atoms with Gasteiger partial charge < -0.3 is 14.5 Å². The van der Waals surface area contributed by atoms with E-state index in [0.717, 1.165) is 41.6 Å². The second kappa shape index (κ2) is 11.2. The van der Waals surface area contributed by atoms with E-state index in [2.05, 4.69) is 27.3 Å². The van der Waals surface area contributed by atoms with Gasteiger partial charge in [0.1, 0.15) is 5.76 Å². The van der Waals surface area contributed by atoms with E-state index < -0.39 is 16.6 Å². The first-order valence-electron chi connectivity index (χ1n) is 12.4. The molecule has 1 aliphatic rings. The fraction of sp³-hybridized carbons (Fsp3) is 0.241. The van der Waals surface area contributed by atoms with Gasteiger partial charge in [0.05, 0.1) is 22.5 Å². The first kappa shape index (κ1) is 25.7. The van der Waals surface area contributed by atoms with Gasteiger partial charge in [0, 0.05) is 41.0 Å². The number of nitrogens with one attached hydrogen (secondary N) is 1. The maximum absolute atomic E-state index is 12.9. The van der Waals surface area contributed by atoms with Crippen LogP contribution in [-0.4, -0.2) is 29.8 Å². The van der Waals surface area contributed by atoms with Crippen molar-refractivity contribution in [1.82, 2.24) is 5.32 Å². The minimum Gasteiger partial charge on any atom is -0.489 e. The number of carbonyl (C=O) groups is 2. The van der Waals surface area contributed by atoms with Crippen LogP contribution in [0, 0.1) is 10.1 Å². The molecule has 0 bridgehead atoms. The molecule has 0 saturated heterocycles. The van der Waals surface area contributed by atoms with Crippen LogP contribution in [0.15, 0.2) is 69.6 Å². The second-order valence-electron chi connectivity index (χ2n) is 9.13. The number of amides is 1. The quantitative estimate of drug-likeness (QED) is 0.144. The maximum Gasteiger partial charge on any atom is 0.284 e. The van der Waals surface area contributed by atoms with E-state index in [4.69, 9.17) is 9.15 Å². The Balaban J connectivity index is 1.23. The lowest BCUT2D eigenvalue weighted by Gasteiger charge is -2.11. The average Bonchev–Trinajstić information content (AvgIpc) is 3.31. The third-order valence-corrected chi connectivity index (χ3v) is 7.38. The van der Waals surface area contributed by atoms with Gasteiger partial charge in [-0.2, -0.15) is 0 Å². The fourth-order valence-corrected chi connectivity index (χ4v) is 5.18. The van der Waals surface area contributed by atoms with Crippen molar-refractivity contribution in [2.75, 3.05) is 13.2 Å². The van der Waals surface area contributed by atoms with Gasteiger partial charge in [-0.25, -0.2) is 0 Å². The van der Waals surface area contributed by atoms with Crippen molar-refractivity contribution in [2.45, 2.75) is 32.1 Å². The largest absolute Gasteiger partial charge is 0.489 e. The fourth-order valence-electron chi connectivity index (χ4n) is 4.79. The molecular weight excluding hydrogens is 552 g/mol. The third-order valence-electron chi connectivity index (χ3n) is 6.71. The van der Waals surface area contributed by atoms with Crippen LogP contribution in [0.1, 0.15) is 50.4 Å². The second-order valence-corrected chi connectivity index (χ2v) is 9.98. The highest BCUT2D eigenvalue weighted by Gasteiger charge is 2.21. The van der Waals surface area contributed by atoms with Crippen molar-refractivity contribution in [3.63, 3.8) is 0 Å². The van der Waals surface area contributed by atoms with Gasteiger partial charge in [0.25, 0.3) is 11.6 Å². The Labute approximate surface area is 227 Å². The van der Waals surface area contributed by atoms with Crippen LogP contribution in [0.3, 0.4) is 0 Å². The zero-order valence-electron chi connectivity index (χ0n) is 20.5. The molecule has 8 nitrogen and oxygen atoms in total. The Hall–Kier alpha value is -3.98. The molecule has 194 valence electrons. The number of aryl methyl sites for hydroxylation is 2. The zero-order valence-corrected chi connectivity index (χ0v) is 22.1. The molecule has 38 heavy (non-hydrogen) atoms. The Morgan fingerprint density at radius 3 is 2.71 bits per heavy atom. The number of benzene rings is 3. The number of para-hydroxylation sites is 1. The number of halogens is 1. The van der Waals surface area contributed by atoms with Crippen LogP contribution in [0.25, 0.3) is 11.0 Å². The molecule has 1 aliphatic carbocycles. The molecule has 0 fully saturated rings. The lowest BCUT2D eigenvalue weighted by atomic mass is 9.96. The van der Waals surface area contributed by atoms with Crippen molar-refractivity contribution in [2.24, 2.45) is 0 Å². The van der Waals surface area contributed by atoms with Crippen LogP contribution in [-0.2, 0) is 19.3 Å². The van der Waals surface area contributed by atoms with Crippen LogP contribution in [0.4, 0.5) is 5.69 Å². The zero-order chi connectivity index (χ0) is 26.6. The molecule has 0 spiro atoms. The predicted octanol–water partition coefficient (Wildman–Crippen LogP) is 6.22. The first-order valence-corrected chi connectivity index (χ1v) is 13.2. The molecule has 0 atom stereocenters. The molecule has 0 radical (unpaired) electrons. The van der Waals surface area contributed by atoms with E-state index >= 15 is 0 Å². The third kappa shape index (κ3) is 5.33. The molecule has 3 aromatic carbocycles. The van der Waals surface area contributed by atoms with E-state index in [-0.39, 0.29) is 22.3 Å². The number of nitro groups is 1. The van der Waals surface area contributed by atoms with Crippen molar-refractivity contribution < 1.29 is 23.7 Å². The summed E-state index contributed by atoms with van der Waals surface area (Å²) in [6.07, 6.45) is 4.76. The number of hydrogen-bond acceptors (Lipinski definition) is 6. The highest BCUT2D eigenvalue weighted by atomic mass is 79.9. The molecule has 0 saturated carbocycles. The lowest BCUT2D eigenvalue weighted by Crippen LogP contribution is -2.30. The number of nitro benzene ring substituents is 1. The van der Waals surface area contributed by atoms with E-state index in [0.29, 0.717) is 24.3 Å². The van der Waals surface area contributed by atoms with Crippen molar-refractivity contribution in [3.05, 3.63) is 103 Å². The number of furan rings is 1. The minimum atomic E-state index is -0.571. The topological polar surface area (TPSA) is 112 Å². The standard InChI is InChI=1S/C29H25BrN2O6/c30-23-13-12-19(16-24(23)32(35)36)25(33)17-31-29(34)20-7-2-1-6-18(20)14-15-37-27-11-5-9-22-21-8-3-4-10-26(21)38-28(22)27/h1-2,5-7,9,11-13,16H,3-4,8,10,14-15,17H2,(H,31,34). The first-order chi connectivity index (χ1) is 18.4. The SMILES string of the molecule is O=C(CNC(=O)c1ccccc1CCOc1cccc2c3c(oc12)CCCC3)c1ccc(Br)c([N+](=O)[O-])c1. The van der Waals surface area contributed by atoms with Gasteiger partial charge >= 0.3 is 0 Å². The van der Waals surface area contributed by atoms with Gasteiger partial charge in [-0.05, 0) is 65.0 Å². The maximum atomic E-state index is 12.9. The summed E-state index contributed by atoms with van der Waals surface area (Å²) < 4.78 is 12.5. The molecule has 1 aromatic heterocycles. The Morgan fingerprint density at radius 1 is 1.05 bits per heavy atom. The number of ketones is 1. The molecule has 5 rings (SSSR count). The number of rotatable bonds is 9. The Morgan fingerprint density at radius 2 is 1.87 bits per heavy atom. The molecule has 0 unspecified atom stereocenters. The molecular formula is C29H25BrN2O6. The summed E-state index contributed by atoms with van der Waals surface area (Å²) in [6, 6.07) is 17.2. The minimum absolute atomic E-state index is 0.149. The Kier molecular flexibility index (Phi) is 7.55. The van der Waals surface area contributed by atoms with Crippen LogP contribution in [0.5, 0.6) is 5.75 Å². The number of carbonyl (C=O) groups excluding carboxylic acids is 2.